The van der Waals surface area contributed by atoms with Crippen LogP contribution in [0.15, 0.2) is 21.6 Å². The van der Waals surface area contributed by atoms with E-state index in [2.05, 4.69) is 17.2 Å². The number of hydrogen-bond acceptors (Lipinski definition) is 7. The van der Waals surface area contributed by atoms with Crippen molar-refractivity contribution in [3.8, 4) is 11.8 Å². The van der Waals surface area contributed by atoms with Crippen molar-refractivity contribution >= 4 is 36.0 Å². The first-order valence-electron chi connectivity index (χ1n) is 14.2. The van der Waals surface area contributed by atoms with Crippen LogP contribution >= 0.6 is 11.8 Å². The third-order valence-corrected chi connectivity index (χ3v) is 8.56. The molecular weight excluding hydrogens is 530 g/mol. The zero-order valence-electron chi connectivity index (χ0n) is 24.2. The summed E-state index contributed by atoms with van der Waals surface area (Å²) in [5.41, 5.74) is 0.630. The van der Waals surface area contributed by atoms with Crippen molar-refractivity contribution in [2.75, 3.05) is 26.7 Å². The first-order chi connectivity index (χ1) is 19.0. The lowest BCUT2D eigenvalue weighted by atomic mass is 9.91. The van der Waals surface area contributed by atoms with Crippen LogP contribution in [-0.2, 0) is 19.1 Å². The molecular formula is C30H43N3O6S. The van der Waals surface area contributed by atoms with Gasteiger partial charge in [0.1, 0.15) is 17.3 Å². The fourth-order valence-corrected chi connectivity index (χ4v) is 6.02. The molecule has 9 nitrogen and oxygen atoms in total. The number of nitrogens with one attached hydrogen (secondary N) is 1. The second-order valence-corrected chi connectivity index (χ2v) is 12.9. The number of aliphatic carboxylic acids is 1. The van der Waals surface area contributed by atoms with Crippen LogP contribution in [0, 0.1) is 23.2 Å². The molecule has 0 unspecified atom stereocenters. The fourth-order valence-electron chi connectivity index (χ4n) is 5.10. The van der Waals surface area contributed by atoms with Crippen LogP contribution in [0.2, 0.25) is 0 Å². The summed E-state index contributed by atoms with van der Waals surface area (Å²) in [5.74, 6) is 5.64. The van der Waals surface area contributed by atoms with Gasteiger partial charge >= 0.3 is 12.1 Å². The smallest absolute Gasteiger partial charge is 0.410 e. The van der Waals surface area contributed by atoms with E-state index in [1.807, 2.05) is 38.8 Å². The van der Waals surface area contributed by atoms with Gasteiger partial charge in [0, 0.05) is 49.6 Å². The van der Waals surface area contributed by atoms with Crippen molar-refractivity contribution in [3.63, 3.8) is 0 Å². The van der Waals surface area contributed by atoms with Crippen molar-refractivity contribution in [1.29, 1.82) is 0 Å². The molecule has 1 aliphatic carbocycles. The van der Waals surface area contributed by atoms with E-state index in [4.69, 9.17) is 4.74 Å². The van der Waals surface area contributed by atoms with Gasteiger partial charge in [-0.1, -0.05) is 48.9 Å². The van der Waals surface area contributed by atoms with Gasteiger partial charge in [0.15, 0.2) is 0 Å². The van der Waals surface area contributed by atoms with Crippen LogP contribution in [0.3, 0.4) is 0 Å². The number of piperidine rings is 1. The summed E-state index contributed by atoms with van der Waals surface area (Å²) in [7, 11) is 1.92. The van der Waals surface area contributed by atoms with Crippen LogP contribution in [-0.4, -0.2) is 78.0 Å². The molecule has 4 rings (SSSR count). The van der Waals surface area contributed by atoms with E-state index >= 15 is 0 Å². The Kier molecular flexibility index (Phi) is 11.6. The third-order valence-electron chi connectivity index (χ3n) is 7.46. The molecule has 0 aromatic heterocycles. The van der Waals surface area contributed by atoms with Crippen LogP contribution in [0.4, 0.5) is 4.79 Å². The largest absolute Gasteiger partial charge is 0.477 e. The van der Waals surface area contributed by atoms with E-state index < -0.39 is 18.2 Å². The standard InChI is InChI=1S/C23H31N3O5S.C7H12O/c1-23(2,3)10-7-17-5-6-18(20(32-17)21(28)29)25(4)15-8-11-26(12-9-15)22(30)31-16-13-19(27)24-14-16;8-6-7-4-2-1-3-5-7/h5,15-16H,6,8-9,11-14H2,1-4H3,(H,24,27)(H,28,29);6-7H,1-5H2/t16-;/m0./s1. The number of rotatable bonds is 5. The Morgan fingerprint density at radius 1 is 1.18 bits per heavy atom. The predicted octanol–water partition coefficient (Wildman–Crippen LogP) is 4.54. The number of carboxylic acid groups (broad SMARTS) is 1. The average molecular weight is 574 g/mol. The van der Waals surface area contributed by atoms with Gasteiger partial charge in [-0.15, -0.1) is 0 Å². The molecule has 40 heavy (non-hydrogen) atoms. The lowest BCUT2D eigenvalue weighted by Gasteiger charge is -2.39. The number of hydrogen-bond donors (Lipinski definition) is 2. The normalized spacial score (nSPS) is 22.2. The molecule has 0 aromatic rings. The lowest BCUT2D eigenvalue weighted by Crippen LogP contribution is -2.46. The van der Waals surface area contributed by atoms with Gasteiger partial charge in [0.25, 0.3) is 0 Å². The van der Waals surface area contributed by atoms with Gasteiger partial charge in [-0.05, 0) is 46.5 Å². The van der Waals surface area contributed by atoms with E-state index in [0.717, 1.165) is 42.6 Å². The van der Waals surface area contributed by atoms with E-state index in [-0.39, 0.29) is 23.8 Å². The van der Waals surface area contributed by atoms with E-state index in [9.17, 15) is 24.3 Å². The Balaban J connectivity index is 0.000000472. The summed E-state index contributed by atoms with van der Waals surface area (Å²) >= 11 is 1.21. The molecule has 4 aliphatic rings. The van der Waals surface area contributed by atoms with Gasteiger partial charge in [-0.3, -0.25) is 4.79 Å². The predicted molar refractivity (Wildman–Crippen MR) is 155 cm³/mol. The van der Waals surface area contributed by atoms with E-state index in [0.29, 0.717) is 36.9 Å². The molecule has 2 amide bonds. The number of carboxylic acids is 1. The average Bonchev–Trinajstić information content (AvgIpc) is 3.36. The van der Waals surface area contributed by atoms with Crippen molar-refractivity contribution in [3.05, 3.63) is 21.6 Å². The molecule has 2 N–H and O–H groups in total. The minimum Gasteiger partial charge on any atom is -0.477 e. The summed E-state index contributed by atoms with van der Waals surface area (Å²) in [6.07, 6.45) is 10.6. The quantitative estimate of drug-likeness (QED) is 0.364. The Labute approximate surface area is 242 Å². The minimum atomic E-state index is -0.944. The fraction of sp³-hybridized carbons (Fsp3) is 0.667. The van der Waals surface area contributed by atoms with E-state index in [1.54, 1.807) is 4.90 Å². The highest BCUT2D eigenvalue weighted by Gasteiger charge is 2.32. The van der Waals surface area contributed by atoms with Crippen LogP contribution < -0.4 is 5.32 Å². The van der Waals surface area contributed by atoms with Gasteiger partial charge in [0.2, 0.25) is 5.91 Å². The van der Waals surface area contributed by atoms with Crippen LogP contribution in [0.25, 0.3) is 0 Å². The number of nitrogens with zero attached hydrogens (tertiary/aromatic N) is 2. The maximum Gasteiger partial charge on any atom is 0.410 e. The molecule has 1 saturated carbocycles. The topological polar surface area (TPSA) is 116 Å². The van der Waals surface area contributed by atoms with Gasteiger partial charge < -0.3 is 29.8 Å². The van der Waals surface area contributed by atoms with Crippen molar-refractivity contribution in [2.24, 2.45) is 11.3 Å². The number of carbonyl (C=O) groups excluding carboxylic acids is 3. The number of amides is 2. The third kappa shape index (κ3) is 9.61. The summed E-state index contributed by atoms with van der Waals surface area (Å²) in [5, 5.41) is 12.4. The van der Waals surface area contributed by atoms with Crippen molar-refractivity contribution < 1.29 is 29.0 Å². The number of likely N-dealkylation sites (tertiary alicyclic amines) is 1. The first kappa shape index (κ1) is 31.6. The molecule has 3 aliphatic heterocycles. The molecule has 0 aromatic carbocycles. The first-order valence-corrected chi connectivity index (χ1v) is 15.1. The second-order valence-electron chi connectivity index (χ2n) is 11.8. The van der Waals surface area contributed by atoms with Crippen molar-refractivity contribution in [2.45, 2.75) is 90.7 Å². The maximum atomic E-state index is 12.4. The molecule has 3 heterocycles. The Hall–Kier alpha value is -2.93. The number of aldehydes is 1. The van der Waals surface area contributed by atoms with Gasteiger partial charge in [-0.25, -0.2) is 9.59 Å². The maximum absolute atomic E-state index is 12.4. The summed E-state index contributed by atoms with van der Waals surface area (Å²) in [4.78, 5) is 50.6. The van der Waals surface area contributed by atoms with Crippen molar-refractivity contribution in [1.82, 2.24) is 15.1 Å². The molecule has 0 radical (unpaired) electrons. The van der Waals surface area contributed by atoms with Gasteiger partial charge in [-0.2, -0.15) is 0 Å². The van der Waals surface area contributed by atoms with E-state index in [1.165, 1.54) is 31.0 Å². The number of carbonyl (C=O) groups is 4. The number of allylic oxidation sites excluding steroid dienone is 2. The molecule has 1 atom stereocenters. The highest BCUT2D eigenvalue weighted by molar-refractivity contribution is 8.07. The minimum absolute atomic E-state index is 0.0995. The summed E-state index contributed by atoms with van der Waals surface area (Å²) in [6.45, 7) is 7.49. The zero-order valence-corrected chi connectivity index (χ0v) is 25.0. The Morgan fingerprint density at radius 2 is 1.85 bits per heavy atom. The monoisotopic (exact) mass is 573 g/mol. The zero-order chi connectivity index (χ0) is 29.3. The summed E-state index contributed by atoms with van der Waals surface area (Å²) in [6, 6.07) is 0.134. The highest BCUT2D eigenvalue weighted by atomic mass is 32.2. The lowest BCUT2D eigenvalue weighted by molar-refractivity contribution is -0.132. The molecule has 0 spiro atoms. The van der Waals surface area contributed by atoms with Crippen LogP contribution in [0.5, 0.6) is 0 Å². The van der Waals surface area contributed by atoms with Crippen LogP contribution in [0.1, 0.15) is 78.6 Å². The molecule has 3 fully saturated rings. The molecule has 2 saturated heterocycles. The van der Waals surface area contributed by atoms with Gasteiger partial charge in [0.05, 0.1) is 17.9 Å². The Morgan fingerprint density at radius 3 is 2.38 bits per heavy atom. The SMILES string of the molecule is CN(C1=C(C(=O)O)SC(C#CC(C)(C)C)=CC1)C1CCN(C(=O)O[C@@H]2CNC(=O)C2)CC1.O=CC1CCCCC1. The summed E-state index contributed by atoms with van der Waals surface area (Å²) < 4.78 is 5.42. The number of ether oxygens (including phenoxy) is 1. The number of thioether (sulfide) groups is 1. The molecule has 10 heteroatoms. The molecule has 220 valence electrons. The second kappa shape index (κ2) is 14.6. The highest BCUT2D eigenvalue weighted by Crippen LogP contribution is 2.37. The Bertz CT molecular complexity index is 1070. The molecule has 0 bridgehead atoms.